The molecule has 2 aliphatic heterocycles. The molecule has 4 rings (SSSR count). The molecule has 28 heavy (non-hydrogen) atoms. The van der Waals surface area contributed by atoms with Gasteiger partial charge in [0.1, 0.15) is 5.82 Å². The molecule has 150 valence electrons. The SMILES string of the molecule is CCc1ccc(CN2CCc3nc(N4CCOCC4)nc(N(C)C)c3C2)cc1. The highest BCUT2D eigenvalue weighted by Crippen LogP contribution is 2.29. The molecule has 1 aromatic carbocycles. The fraction of sp³-hybridized carbons (Fsp3) is 0.545. The van der Waals surface area contributed by atoms with E-state index in [1.165, 1.54) is 22.4 Å². The molecule has 0 radical (unpaired) electrons. The van der Waals surface area contributed by atoms with Crippen molar-refractivity contribution in [1.29, 1.82) is 0 Å². The van der Waals surface area contributed by atoms with Crippen LogP contribution in [0.15, 0.2) is 24.3 Å². The molecule has 1 saturated heterocycles. The molecule has 6 nitrogen and oxygen atoms in total. The van der Waals surface area contributed by atoms with E-state index in [0.717, 1.165) is 70.5 Å². The van der Waals surface area contributed by atoms with Gasteiger partial charge in [0, 0.05) is 58.8 Å². The van der Waals surface area contributed by atoms with Crippen LogP contribution in [0.2, 0.25) is 0 Å². The van der Waals surface area contributed by atoms with Crippen molar-refractivity contribution in [2.75, 3.05) is 56.7 Å². The number of anilines is 2. The average Bonchev–Trinajstić information content (AvgIpc) is 2.74. The van der Waals surface area contributed by atoms with Crippen molar-refractivity contribution in [3.63, 3.8) is 0 Å². The first kappa shape index (κ1) is 19.2. The van der Waals surface area contributed by atoms with E-state index < -0.39 is 0 Å². The van der Waals surface area contributed by atoms with Crippen molar-refractivity contribution in [3.8, 4) is 0 Å². The molecule has 0 spiro atoms. The molecule has 1 aromatic heterocycles. The first-order valence-electron chi connectivity index (χ1n) is 10.3. The zero-order valence-corrected chi connectivity index (χ0v) is 17.3. The number of rotatable bonds is 5. The molecule has 0 aliphatic carbocycles. The van der Waals surface area contributed by atoms with Crippen molar-refractivity contribution < 1.29 is 4.74 Å². The van der Waals surface area contributed by atoms with Crippen LogP contribution in [-0.4, -0.2) is 61.8 Å². The molecule has 6 heteroatoms. The molecule has 2 aromatic rings. The van der Waals surface area contributed by atoms with Crippen molar-refractivity contribution >= 4 is 11.8 Å². The second-order valence-corrected chi connectivity index (χ2v) is 7.90. The lowest BCUT2D eigenvalue weighted by Gasteiger charge is -2.33. The minimum atomic E-state index is 0.752. The summed E-state index contributed by atoms with van der Waals surface area (Å²) in [6, 6.07) is 9.02. The summed E-state index contributed by atoms with van der Waals surface area (Å²) in [5, 5.41) is 0. The predicted octanol–water partition coefficient (Wildman–Crippen LogP) is 2.50. The van der Waals surface area contributed by atoms with Crippen molar-refractivity contribution in [3.05, 3.63) is 46.6 Å². The van der Waals surface area contributed by atoms with Crippen LogP contribution in [0, 0.1) is 0 Å². The topological polar surface area (TPSA) is 44.7 Å². The number of aromatic nitrogens is 2. The van der Waals surface area contributed by atoms with E-state index in [-0.39, 0.29) is 0 Å². The number of morpholine rings is 1. The van der Waals surface area contributed by atoms with Crippen molar-refractivity contribution in [1.82, 2.24) is 14.9 Å². The first-order chi connectivity index (χ1) is 13.6. The van der Waals surface area contributed by atoms with E-state index in [1.54, 1.807) is 0 Å². The third-order valence-electron chi connectivity index (χ3n) is 5.66. The van der Waals surface area contributed by atoms with Gasteiger partial charge in [-0.2, -0.15) is 4.98 Å². The predicted molar refractivity (Wildman–Crippen MR) is 113 cm³/mol. The monoisotopic (exact) mass is 381 g/mol. The fourth-order valence-electron chi connectivity index (χ4n) is 3.99. The van der Waals surface area contributed by atoms with Crippen LogP contribution in [0.5, 0.6) is 0 Å². The van der Waals surface area contributed by atoms with Crippen molar-refractivity contribution in [2.24, 2.45) is 0 Å². The molecular formula is C22H31N5O. The Kier molecular flexibility index (Phi) is 5.78. The Bertz CT molecular complexity index is 799. The quantitative estimate of drug-likeness (QED) is 0.793. The maximum absolute atomic E-state index is 5.48. The van der Waals surface area contributed by atoms with E-state index in [4.69, 9.17) is 14.7 Å². The fourth-order valence-corrected chi connectivity index (χ4v) is 3.99. The van der Waals surface area contributed by atoms with Gasteiger partial charge < -0.3 is 14.5 Å². The van der Waals surface area contributed by atoms with Gasteiger partial charge in [0.05, 0.1) is 18.9 Å². The van der Waals surface area contributed by atoms with E-state index in [1.807, 2.05) is 0 Å². The number of aryl methyl sites for hydroxylation is 1. The maximum atomic E-state index is 5.48. The minimum absolute atomic E-state index is 0.752. The molecular weight excluding hydrogens is 350 g/mol. The van der Waals surface area contributed by atoms with Crippen molar-refractivity contribution in [2.45, 2.75) is 32.9 Å². The van der Waals surface area contributed by atoms with E-state index >= 15 is 0 Å². The molecule has 0 saturated carbocycles. The summed E-state index contributed by atoms with van der Waals surface area (Å²) >= 11 is 0. The summed E-state index contributed by atoms with van der Waals surface area (Å²) in [6.45, 7) is 8.35. The Morgan fingerprint density at radius 2 is 1.71 bits per heavy atom. The Hall–Kier alpha value is -2.18. The van der Waals surface area contributed by atoms with Gasteiger partial charge in [-0.25, -0.2) is 4.98 Å². The smallest absolute Gasteiger partial charge is 0.227 e. The molecule has 0 unspecified atom stereocenters. The van der Waals surface area contributed by atoms with Gasteiger partial charge >= 0.3 is 0 Å². The maximum Gasteiger partial charge on any atom is 0.227 e. The Morgan fingerprint density at radius 3 is 2.39 bits per heavy atom. The van der Waals surface area contributed by atoms with Crippen LogP contribution in [-0.2, 0) is 30.7 Å². The highest BCUT2D eigenvalue weighted by molar-refractivity contribution is 5.53. The highest BCUT2D eigenvalue weighted by Gasteiger charge is 2.25. The summed E-state index contributed by atoms with van der Waals surface area (Å²) in [5.74, 6) is 1.91. The number of ether oxygens (including phenoxy) is 1. The van der Waals surface area contributed by atoms with Crippen LogP contribution in [0.25, 0.3) is 0 Å². The summed E-state index contributed by atoms with van der Waals surface area (Å²) < 4.78 is 5.48. The van der Waals surface area contributed by atoms with E-state index in [0.29, 0.717) is 0 Å². The second-order valence-electron chi connectivity index (χ2n) is 7.90. The molecule has 2 aliphatic rings. The van der Waals surface area contributed by atoms with Crippen LogP contribution < -0.4 is 9.80 Å². The van der Waals surface area contributed by atoms with Crippen LogP contribution in [0.1, 0.15) is 29.3 Å². The summed E-state index contributed by atoms with van der Waals surface area (Å²) in [7, 11) is 4.16. The molecule has 0 N–H and O–H groups in total. The summed E-state index contributed by atoms with van der Waals surface area (Å²) in [6.07, 6.45) is 2.06. The molecule has 1 fully saturated rings. The number of fused-ring (bicyclic) bond motifs is 1. The third kappa shape index (κ3) is 4.13. The number of nitrogens with zero attached hydrogens (tertiary/aromatic N) is 5. The van der Waals surface area contributed by atoms with E-state index in [2.05, 4.69) is 60.0 Å². The van der Waals surface area contributed by atoms with Gasteiger partial charge in [-0.15, -0.1) is 0 Å². The average molecular weight is 382 g/mol. The molecule has 0 atom stereocenters. The minimum Gasteiger partial charge on any atom is -0.378 e. The number of benzene rings is 1. The summed E-state index contributed by atoms with van der Waals surface area (Å²) in [5.41, 5.74) is 5.25. The highest BCUT2D eigenvalue weighted by atomic mass is 16.5. The van der Waals surface area contributed by atoms with Gasteiger partial charge in [-0.3, -0.25) is 4.90 Å². The zero-order chi connectivity index (χ0) is 19.5. The lowest BCUT2D eigenvalue weighted by Crippen LogP contribution is -2.39. The van der Waals surface area contributed by atoms with Gasteiger partial charge in [-0.1, -0.05) is 31.2 Å². The summed E-state index contributed by atoms with van der Waals surface area (Å²) in [4.78, 5) is 16.8. The zero-order valence-electron chi connectivity index (χ0n) is 17.3. The van der Waals surface area contributed by atoms with Gasteiger partial charge in [0.15, 0.2) is 0 Å². The number of hydrogen-bond donors (Lipinski definition) is 0. The first-order valence-corrected chi connectivity index (χ1v) is 10.3. The van der Waals surface area contributed by atoms with Gasteiger partial charge in [0.2, 0.25) is 5.95 Å². The lowest BCUT2D eigenvalue weighted by molar-refractivity contribution is 0.122. The van der Waals surface area contributed by atoms with E-state index in [9.17, 15) is 0 Å². The Labute approximate surface area is 168 Å². The Morgan fingerprint density at radius 1 is 1.00 bits per heavy atom. The Balaban J connectivity index is 1.54. The van der Waals surface area contributed by atoms with Crippen LogP contribution in [0.3, 0.4) is 0 Å². The largest absolute Gasteiger partial charge is 0.378 e. The lowest BCUT2D eigenvalue weighted by atomic mass is 10.0. The third-order valence-corrected chi connectivity index (χ3v) is 5.66. The number of hydrogen-bond acceptors (Lipinski definition) is 6. The van der Waals surface area contributed by atoms with Crippen LogP contribution in [0.4, 0.5) is 11.8 Å². The van der Waals surface area contributed by atoms with Gasteiger partial charge in [0.25, 0.3) is 0 Å². The van der Waals surface area contributed by atoms with Gasteiger partial charge in [-0.05, 0) is 17.5 Å². The standard InChI is InChI=1S/C22H31N5O/c1-4-17-5-7-18(8-6-17)15-26-10-9-20-19(16-26)21(25(2)3)24-22(23-20)27-11-13-28-14-12-27/h5-8H,4,9-16H2,1-3H3. The molecule has 0 bridgehead atoms. The molecule has 0 amide bonds. The second kappa shape index (κ2) is 8.45. The van der Waals surface area contributed by atoms with Crippen LogP contribution >= 0.6 is 0 Å². The molecule has 3 heterocycles. The normalized spacial score (nSPS) is 17.5.